The summed E-state index contributed by atoms with van der Waals surface area (Å²) in [6.45, 7) is -0.810. The molecule has 0 aliphatic rings. The topological polar surface area (TPSA) is 121 Å². The first-order chi connectivity index (χ1) is 5.33. The Labute approximate surface area is 68.1 Å². The molecule has 12 heavy (non-hydrogen) atoms. The molecule has 7 nitrogen and oxygen atoms in total. The molecule has 0 rings (SSSR count). The van der Waals surface area contributed by atoms with Gasteiger partial charge in [-0.3, -0.25) is 9.59 Å². The molecule has 0 aromatic heterocycles. The number of nitrogens with one attached hydrogen (secondary N) is 1. The Morgan fingerprint density at radius 2 is 1.67 bits per heavy atom. The molecule has 0 aromatic rings. The van der Waals surface area contributed by atoms with Crippen molar-refractivity contribution in [2.75, 3.05) is 12.3 Å². The van der Waals surface area contributed by atoms with Gasteiger partial charge in [0, 0.05) is 0 Å². The summed E-state index contributed by atoms with van der Waals surface area (Å²) in [5, 5.41) is 16.1. The zero-order valence-corrected chi connectivity index (χ0v) is 6.67. The maximum absolute atomic E-state index is 10.6. The van der Waals surface area contributed by atoms with E-state index in [1.807, 2.05) is 0 Å². The van der Waals surface area contributed by atoms with Gasteiger partial charge in [0.2, 0.25) is 10.0 Å². The molecule has 0 aliphatic carbocycles. The van der Waals surface area contributed by atoms with Crippen molar-refractivity contribution in [2.45, 2.75) is 0 Å². The standard InChI is InChI=1S/C4H7NO6S/c6-3(7)1-5-12(10,11)2-4(8)9/h5H,1-2H2,(H,6,7)(H,8,9). The van der Waals surface area contributed by atoms with Crippen molar-refractivity contribution in [2.24, 2.45) is 0 Å². The Bertz CT molecular complexity index is 280. The minimum absolute atomic E-state index is 0.810. The Morgan fingerprint density at radius 1 is 1.17 bits per heavy atom. The van der Waals surface area contributed by atoms with Gasteiger partial charge in [-0.05, 0) is 0 Å². The van der Waals surface area contributed by atoms with Crippen LogP contribution < -0.4 is 4.72 Å². The lowest BCUT2D eigenvalue weighted by Gasteiger charge is -1.99. The fraction of sp³-hybridized carbons (Fsp3) is 0.500. The highest BCUT2D eigenvalue weighted by molar-refractivity contribution is 7.90. The Kier molecular flexibility index (Phi) is 3.64. The molecule has 0 unspecified atom stereocenters. The third-order valence-electron chi connectivity index (χ3n) is 0.757. The highest BCUT2D eigenvalue weighted by Gasteiger charge is 2.15. The molecule has 0 amide bonds. The summed E-state index contributed by atoms with van der Waals surface area (Å²) < 4.78 is 22.8. The predicted molar refractivity (Wildman–Crippen MR) is 37.1 cm³/mol. The molecular formula is C4H7NO6S. The van der Waals surface area contributed by atoms with Crippen LogP contribution in [0.5, 0.6) is 0 Å². The van der Waals surface area contributed by atoms with Gasteiger partial charge >= 0.3 is 11.9 Å². The summed E-state index contributed by atoms with van der Waals surface area (Å²) in [6, 6.07) is 0. The Balaban J connectivity index is 4.06. The van der Waals surface area contributed by atoms with Crippen LogP contribution in [0.1, 0.15) is 0 Å². The Hall–Kier alpha value is -1.15. The van der Waals surface area contributed by atoms with Gasteiger partial charge in [-0.25, -0.2) is 13.1 Å². The highest BCUT2D eigenvalue weighted by Crippen LogP contribution is 1.82. The lowest BCUT2D eigenvalue weighted by atomic mass is 10.7. The molecule has 0 aliphatic heterocycles. The summed E-state index contributed by atoms with van der Waals surface area (Å²) in [7, 11) is -4.01. The first-order valence-electron chi connectivity index (χ1n) is 2.74. The quantitative estimate of drug-likeness (QED) is 0.472. The van der Waals surface area contributed by atoms with E-state index < -0.39 is 34.3 Å². The fourth-order valence-corrected chi connectivity index (χ4v) is 1.16. The van der Waals surface area contributed by atoms with Crippen molar-refractivity contribution in [1.82, 2.24) is 4.72 Å². The molecule has 3 N–H and O–H groups in total. The number of hydrogen-bond acceptors (Lipinski definition) is 4. The molecule has 0 atom stereocenters. The van der Waals surface area contributed by atoms with E-state index in [4.69, 9.17) is 10.2 Å². The second-order valence-corrected chi connectivity index (χ2v) is 3.67. The number of carboxylic acids is 2. The van der Waals surface area contributed by atoms with E-state index in [2.05, 4.69) is 0 Å². The van der Waals surface area contributed by atoms with Crippen LogP contribution in [0.2, 0.25) is 0 Å². The van der Waals surface area contributed by atoms with Crippen LogP contribution in [-0.2, 0) is 19.6 Å². The number of carboxylic acid groups (broad SMARTS) is 2. The second-order valence-electron chi connectivity index (χ2n) is 1.87. The van der Waals surface area contributed by atoms with Crippen molar-refractivity contribution in [3.63, 3.8) is 0 Å². The Morgan fingerprint density at radius 3 is 2.00 bits per heavy atom. The normalized spacial score (nSPS) is 11.0. The minimum atomic E-state index is -4.01. The number of carbonyl (C=O) groups is 2. The zero-order chi connectivity index (χ0) is 9.78. The zero-order valence-electron chi connectivity index (χ0n) is 5.85. The van der Waals surface area contributed by atoms with Gasteiger partial charge in [-0.1, -0.05) is 0 Å². The van der Waals surface area contributed by atoms with E-state index in [9.17, 15) is 18.0 Å². The average molecular weight is 197 g/mol. The highest BCUT2D eigenvalue weighted by atomic mass is 32.2. The summed E-state index contributed by atoms with van der Waals surface area (Å²) in [4.78, 5) is 19.8. The maximum atomic E-state index is 10.6. The molecule has 0 saturated heterocycles. The molecule has 0 fully saturated rings. The molecule has 0 saturated carbocycles. The number of aliphatic carboxylic acids is 2. The van der Waals surface area contributed by atoms with Crippen molar-refractivity contribution in [1.29, 1.82) is 0 Å². The third-order valence-corrected chi connectivity index (χ3v) is 1.97. The number of sulfonamides is 1. The molecule has 0 aromatic carbocycles. The van der Waals surface area contributed by atoms with E-state index in [1.165, 1.54) is 0 Å². The van der Waals surface area contributed by atoms with Crippen molar-refractivity contribution >= 4 is 22.0 Å². The maximum Gasteiger partial charge on any atom is 0.320 e. The van der Waals surface area contributed by atoms with E-state index in [-0.39, 0.29) is 0 Å². The van der Waals surface area contributed by atoms with Crippen molar-refractivity contribution in [3.8, 4) is 0 Å². The van der Waals surface area contributed by atoms with Gasteiger partial charge in [-0.2, -0.15) is 0 Å². The number of rotatable bonds is 5. The van der Waals surface area contributed by atoms with Crippen LogP contribution in [0.15, 0.2) is 0 Å². The van der Waals surface area contributed by atoms with Crippen LogP contribution in [-0.4, -0.2) is 42.9 Å². The van der Waals surface area contributed by atoms with Crippen LogP contribution >= 0.6 is 0 Å². The molecule has 0 spiro atoms. The van der Waals surface area contributed by atoms with Crippen LogP contribution in [0.25, 0.3) is 0 Å². The molecular weight excluding hydrogens is 190 g/mol. The van der Waals surface area contributed by atoms with Crippen LogP contribution in [0, 0.1) is 0 Å². The smallest absolute Gasteiger partial charge is 0.320 e. The summed E-state index contributed by atoms with van der Waals surface area (Å²) in [6.07, 6.45) is 0. The summed E-state index contributed by atoms with van der Waals surface area (Å²) >= 11 is 0. The second kappa shape index (κ2) is 4.02. The van der Waals surface area contributed by atoms with Gasteiger partial charge < -0.3 is 10.2 Å². The van der Waals surface area contributed by atoms with E-state index >= 15 is 0 Å². The molecule has 0 bridgehead atoms. The first kappa shape index (κ1) is 10.8. The SMILES string of the molecule is O=C(O)CNS(=O)(=O)CC(=O)O. The molecule has 70 valence electrons. The van der Waals surface area contributed by atoms with Crippen LogP contribution in [0.3, 0.4) is 0 Å². The van der Waals surface area contributed by atoms with Crippen molar-refractivity contribution < 1.29 is 28.2 Å². The first-order valence-corrected chi connectivity index (χ1v) is 4.39. The average Bonchev–Trinajstić information content (AvgIpc) is 1.81. The fourth-order valence-electron chi connectivity index (χ4n) is 0.385. The third kappa shape index (κ3) is 5.62. The van der Waals surface area contributed by atoms with Crippen molar-refractivity contribution in [3.05, 3.63) is 0 Å². The summed E-state index contributed by atoms with van der Waals surface area (Å²) in [5.74, 6) is -4.03. The largest absolute Gasteiger partial charge is 0.480 e. The number of hydrogen-bond donors (Lipinski definition) is 3. The lowest BCUT2D eigenvalue weighted by molar-refractivity contribution is -0.136. The van der Waals surface area contributed by atoms with E-state index in [0.29, 0.717) is 0 Å². The molecule has 0 radical (unpaired) electrons. The van der Waals surface area contributed by atoms with E-state index in [1.54, 1.807) is 4.72 Å². The monoisotopic (exact) mass is 197 g/mol. The van der Waals surface area contributed by atoms with Gasteiger partial charge in [0.15, 0.2) is 5.75 Å². The molecule has 8 heteroatoms. The summed E-state index contributed by atoms with van der Waals surface area (Å²) in [5.41, 5.74) is 0. The van der Waals surface area contributed by atoms with Gasteiger partial charge in [-0.15, -0.1) is 0 Å². The predicted octanol–water partition coefficient (Wildman–Crippen LogP) is -1.92. The molecule has 0 heterocycles. The van der Waals surface area contributed by atoms with E-state index in [0.717, 1.165) is 0 Å². The van der Waals surface area contributed by atoms with Crippen LogP contribution in [0.4, 0.5) is 0 Å². The van der Waals surface area contributed by atoms with Gasteiger partial charge in [0.25, 0.3) is 0 Å². The lowest BCUT2D eigenvalue weighted by Crippen LogP contribution is -2.33. The van der Waals surface area contributed by atoms with Gasteiger partial charge in [0.05, 0.1) is 0 Å². The minimum Gasteiger partial charge on any atom is -0.480 e. The van der Waals surface area contributed by atoms with Gasteiger partial charge in [0.1, 0.15) is 6.54 Å².